The third-order valence-electron chi connectivity index (χ3n) is 1.74. The predicted molar refractivity (Wildman–Crippen MR) is 47.1 cm³/mol. The number of rotatable bonds is 3. The molecule has 0 radical (unpaired) electrons. The van der Waals surface area contributed by atoms with Gasteiger partial charge < -0.3 is 19.7 Å². The highest BCUT2D eigenvalue weighted by Gasteiger charge is 2.25. The number of ether oxygens (including phenoxy) is 2. The normalized spacial score (nSPS) is 34.1. The van der Waals surface area contributed by atoms with E-state index in [2.05, 4.69) is 0 Å². The van der Waals surface area contributed by atoms with Crippen LogP contribution in [0.2, 0.25) is 0 Å². The van der Waals surface area contributed by atoms with Crippen molar-refractivity contribution in [1.29, 1.82) is 0 Å². The van der Waals surface area contributed by atoms with Crippen LogP contribution >= 0.6 is 0 Å². The van der Waals surface area contributed by atoms with Crippen LogP contribution in [0.25, 0.3) is 0 Å². The third-order valence-corrected chi connectivity index (χ3v) is 1.74. The minimum Gasteiger partial charge on any atom is -0.394 e. The first-order valence-electron chi connectivity index (χ1n) is 4.41. The Bertz CT molecular complexity index is 178. The van der Waals surface area contributed by atoms with Crippen LogP contribution in [0.15, 0.2) is 12.2 Å². The zero-order valence-corrected chi connectivity index (χ0v) is 7.88. The summed E-state index contributed by atoms with van der Waals surface area (Å²) in [5.41, 5.74) is 0. The smallest absolute Gasteiger partial charge is 0.177 e. The van der Waals surface area contributed by atoms with Gasteiger partial charge >= 0.3 is 0 Å². The van der Waals surface area contributed by atoms with Crippen LogP contribution in [-0.2, 0) is 9.47 Å². The van der Waals surface area contributed by atoms with E-state index in [0.717, 1.165) is 0 Å². The maximum atomic E-state index is 9.29. The molecule has 0 saturated carbocycles. The molecule has 1 heterocycles. The summed E-state index contributed by atoms with van der Waals surface area (Å²) >= 11 is 0. The van der Waals surface area contributed by atoms with Crippen molar-refractivity contribution in [3.05, 3.63) is 12.2 Å². The van der Waals surface area contributed by atoms with Crippen molar-refractivity contribution in [3.63, 3.8) is 0 Å². The standard InChI is InChI=1S/C9H16O4/c1-6(2)12-9-4-3-7(11)8(5-10)13-9/h3-4,6-11H,5H2,1-2H3/t7-,8+,9-/m0/s1. The fraction of sp³-hybridized carbons (Fsp3) is 0.778. The molecule has 2 N–H and O–H groups in total. The zero-order valence-electron chi connectivity index (χ0n) is 7.88. The monoisotopic (exact) mass is 188 g/mol. The van der Waals surface area contributed by atoms with Gasteiger partial charge in [-0.2, -0.15) is 0 Å². The van der Waals surface area contributed by atoms with Crippen LogP contribution in [-0.4, -0.2) is 41.4 Å². The van der Waals surface area contributed by atoms with Crippen LogP contribution in [0.3, 0.4) is 0 Å². The molecule has 0 spiro atoms. The van der Waals surface area contributed by atoms with E-state index in [1.165, 1.54) is 0 Å². The molecule has 0 fully saturated rings. The van der Waals surface area contributed by atoms with Gasteiger partial charge in [-0.15, -0.1) is 0 Å². The van der Waals surface area contributed by atoms with Gasteiger partial charge in [0.2, 0.25) is 0 Å². The number of hydrogen-bond acceptors (Lipinski definition) is 4. The summed E-state index contributed by atoms with van der Waals surface area (Å²) in [6, 6.07) is 0. The van der Waals surface area contributed by atoms with Gasteiger partial charge in [0.1, 0.15) is 12.2 Å². The SMILES string of the molecule is CC(C)O[C@@H]1C=C[C@H](O)[C@@H](CO)O1. The largest absolute Gasteiger partial charge is 0.394 e. The highest BCUT2D eigenvalue weighted by Crippen LogP contribution is 2.14. The predicted octanol–water partition coefficient (Wildman–Crippen LogP) is 0.0457. The third kappa shape index (κ3) is 3.08. The lowest BCUT2D eigenvalue weighted by Gasteiger charge is -2.29. The molecule has 76 valence electrons. The zero-order chi connectivity index (χ0) is 9.84. The molecule has 4 heteroatoms. The number of aliphatic hydroxyl groups is 2. The van der Waals surface area contributed by atoms with Gasteiger partial charge in [0.25, 0.3) is 0 Å². The first-order chi connectivity index (χ1) is 6.13. The molecular formula is C9H16O4. The van der Waals surface area contributed by atoms with E-state index in [1.54, 1.807) is 12.2 Å². The number of aliphatic hydroxyl groups excluding tert-OH is 2. The molecule has 0 aromatic rings. The van der Waals surface area contributed by atoms with Crippen molar-refractivity contribution < 1.29 is 19.7 Å². The van der Waals surface area contributed by atoms with Crippen LogP contribution in [0.4, 0.5) is 0 Å². The van der Waals surface area contributed by atoms with E-state index in [1.807, 2.05) is 13.8 Å². The first-order valence-corrected chi connectivity index (χ1v) is 4.41. The lowest BCUT2D eigenvalue weighted by molar-refractivity contribution is -0.193. The molecular weight excluding hydrogens is 172 g/mol. The van der Waals surface area contributed by atoms with Crippen LogP contribution < -0.4 is 0 Å². The highest BCUT2D eigenvalue weighted by molar-refractivity contribution is 4.99. The molecule has 0 amide bonds. The van der Waals surface area contributed by atoms with Gasteiger partial charge in [0.05, 0.1) is 12.7 Å². The van der Waals surface area contributed by atoms with Crippen LogP contribution in [0.1, 0.15) is 13.8 Å². The summed E-state index contributed by atoms with van der Waals surface area (Å²) in [4.78, 5) is 0. The highest BCUT2D eigenvalue weighted by atomic mass is 16.7. The average molecular weight is 188 g/mol. The second-order valence-electron chi connectivity index (χ2n) is 3.29. The minimum atomic E-state index is -0.739. The first kappa shape index (κ1) is 10.7. The summed E-state index contributed by atoms with van der Waals surface area (Å²) < 4.78 is 10.6. The molecule has 0 saturated heterocycles. The Labute approximate surface area is 77.8 Å². The fourth-order valence-electron chi connectivity index (χ4n) is 1.12. The maximum Gasteiger partial charge on any atom is 0.177 e. The Morgan fingerprint density at radius 2 is 2.15 bits per heavy atom. The summed E-state index contributed by atoms with van der Waals surface area (Å²) in [5.74, 6) is 0. The second kappa shape index (κ2) is 4.72. The summed E-state index contributed by atoms with van der Waals surface area (Å²) in [6.45, 7) is 3.59. The van der Waals surface area contributed by atoms with E-state index in [0.29, 0.717) is 0 Å². The van der Waals surface area contributed by atoms with E-state index >= 15 is 0 Å². The summed E-state index contributed by atoms with van der Waals surface area (Å²) in [6.07, 6.45) is 1.52. The molecule has 0 bridgehead atoms. The van der Waals surface area contributed by atoms with Crippen molar-refractivity contribution >= 4 is 0 Å². The Kier molecular flexibility index (Phi) is 3.87. The van der Waals surface area contributed by atoms with Gasteiger partial charge in [0, 0.05) is 0 Å². The van der Waals surface area contributed by atoms with E-state index in [9.17, 15) is 5.11 Å². The Balaban J connectivity index is 2.48. The van der Waals surface area contributed by atoms with Crippen LogP contribution in [0, 0.1) is 0 Å². The second-order valence-corrected chi connectivity index (χ2v) is 3.29. The van der Waals surface area contributed by atoms with E-state index in [-0.39, 0.29) is 12.7 Å². The average Bonchev–Trinajstić information content (AvgIpc) is 2.07. The lowest BCUT2D eigenvalue weighted by atomic mass is 10.1. The van der Waals surface area contributed by atoms with Crippen molar-refractivity contribution in [2.24, 2.45) is 0 Å². The molecule has 0 aromatic carbocycles. The molecule has 13 heavy (non-hydrogen) atoms. The minimum absolute atomic E-state index is 0.0595. The van der Waals surface area contributed by atoms with Crippen LogP contribution in [0.5, 0.6) is 0 Å². The van der Waals surface area contributed by atoms with Crippen molar-refractivity contribution in [2.75, 3.05) is 6.61 Å². The molecule has 1 aliphatic heterocycles. The maximum absolute atomic E-state index is 9.29. The van der Waals surface area contributed by atoms with E-state index in [4.69, 9.17) is 14.6 Å². The molecule has 4 nitrogen and oxygen atoms in total. The van der Waals surface area contributed by atoms with Gasteiger partial charge in [0.15, 0.2) is 6.29 Å². The number of hydrogen-bond donors (Lipinski definition) is 2. The molecule has 1 aliphatic rings. The van der Waals surface area contributed by atoms with Gasteiger partial charge in [-0.1, -0.05) is 6.08 Å². The van der Waals surface area contributed by atoms with Crippen molar-refractivity contribution in [3.8, 4) is 0 Å². The quantitative estimate of drug-likeness (QED) is 0.614. The summed E-state index contributed by atoms with van der Waals surface area (Å²) in [7, 11) is 0. The molecule has 0 unspecified atom stereocenters. The molecule has 0 aliphatic carbocycles. The van der Waals surface area contributed by atoms with Crippen molar-refractivity contribution in [1.82, 2.24) is 0 Å². The Morgan fingerprint density at radius 3 is 2.69 bits per heavy atom. The Morgan fingerprint density at radius 1 is 1.46 bits per heavy atom. The van der Waals surface area contributed by atoms with Gasteiger partial charge in [-0.3, -0.25) is 0 Å². The molecule has 1 rings (SSSR count). The fourth-order valence-corrected chi connectivity index (χ4v) is 1.12. The molecule has 3 atom stereocenters. The van der Waals surface area contributed by atoms with E-state index < -0.39 is 18.5 Å². The van der Waals surface area contributed by atoms with Gasteiger partial charge in [-0.25, -0.2) is 0 Å². The molecule has 0 aromatic heterocycles. The Hall–Kier alpha value is -0.420. The van der Waals surface area contributed by atoms with Crippen molar-refractivity contribution in [2.45, 2.75) is 38.4 Å². The topological polar surface area (TPSA) is 58.9 Å². The lowest BCUT2D eigenvalue weighted by Crippen LogP contribution is -2.39. The van der Waals surface area contributed by atoms with Gasteiger partial charge in [-0.05, 0) is 19.9 Å². The summed E-state index contributed by atoms with van der Waals surface area (Å²) in [5, 5.41) is 18.1.